The van der Waals surface area contributed by atoms with E-state index in [2.05, 4.69) is 25.2 Å². The number of hydrogen-bond acceptors (Lipinski definition) is 4. The number of piperazine rings is 1. The average Bonchev–Trinajstić information content (AvgIpc) is 3.20. The summed E-state index contributed by atoms with van der Waals surface area (Å²) in [6.07, 6.45) is 0. The molecular formula is C20H25N3O2S. The van der Waals surface area contributed by atoms with Crippen LogP contribution in [0.1, 0.15) is 35.0 Å². The third-order valence-corrected chi connectivity index (χ3v) is 5.52. The molecule has 1 saturated heterocycles. The van der Waals surface area contributed by atoms with Crippen molar-refractivity contribution in [2.24, 2.45) is 0 Å². The Morgan fingerprint density at radius 3 is 2.38 bits per heavy atom. The minimum absolute atomic E-state index is 0.0658. The van der Waals surface area contributed by atoms with Gasteiger partial charge in [-0.05, 0) is 29.0 Å². The third kappa shape index (κ3) is 4.25. The van der Waals surface area contributed by atoms with Crippen LogP contribution in [0.15, 0.2) is 41.8 Å². The summed E-state index contributed by atoms with van der Waals surface area (Å²) in [5.41, 5.74) is 2.23. The molecule has 1 fully saturated rings. The Bertz CT molecular complexity index is 750. The van der Waals surface area contributed by atoms with Crippen LogP contribution in [0.4, 0.5) is 5.69 Å². The van der Waals surface area contributed by atoms with Crippen molar-refractivity contribution in [3.05, 3.63) is 52.2 Å². The molecule has 0 saturated carbocycles. The zero-order valence-electron chi connectivity index (χ0n) is 15.3. The Kier molecular flexibility index (Phi) is 5.93. The lowest BCUT2D eigenvalue weighted by atomic mass is 10.0. The first-order valence-corrected chi connectivity index (χ1v) is 9.87. The molecule has 6 heteroatoms. The highest BCUT2D eigenvalue weighted by atomic mass is 32.1. The van der Waals surface area contributed by atoms with Crippen molar-refractivity contribution in [3.63, 3.8) is 0 Å². The van der Waals surface area contributed by atoms with E-state index in [1.807, 2.05) is 45.5 Å². The molecule has 2 heterocycles. The lowest BCUT2D eigenvalue weighted by Crippen LogP contribution is -2.51. The maximum Gasteiger partial charge on any atom is 0.264 e. The number of nitrogens with zero attached hydrogens (tertiary/aromatic N) is 2. The number of carbonyl (C=O) groups is 2. The van der Waals surface area contributed by atoms with E-state index in [0.29, 0.717) is 32.1 Å². The van der Waals surface area contributed by atoms with Crippen LogP contribution in [0.5, 0.6) is 0 Å². The van der Waals surface area contributed by atoms with Crippen molar-refractivity contribution < 1.29 is 9.59 Å². The molecule has 0 bridgehead atoms. The van der Waals surface area contributed by atoms with Crippen molar-refractivity contribution >= 4 is 28.8 Å². The normalized spacial score (nSPS) is 14.6. The first-order valence-electron chi connectivity index (χ1n) is 8.99. The second kappa shape index (κ2) is 8.36. The molecule has 0 unspecified atom stereocenters. The third-order valence-electron chi connectivity index (χ3n) is 4.66. The quantitative estimate of drug-likeness (QED) is 0.878. The number of para-hydroxylation sites is 1. The molecule has 0 radical (unpaired) electrons. The predicted molar refractivity (Wildman–Crippen MR) is 106 cm³/mol. The van der Waals surface area contributed by atoms with Crippen LogP contribution in [0.3, 0.4) is 0 Å². The smallest absolute Gasteiger partial charge is 0.264 e. The van der Waals surface area contributed by atoms with Gasteiger partial charge in [0.2, 0.25) is 5.91 Å². The molecule has 26 heavy (non-hydrogen) atoms. The largest absolute Gasteiger partial charge is 0.376 e. The van der Waals surface area contributed by atoms with Gasteiger partial charge in [-0.2, -0.15) is 0 Å². The van der Waals surface area contributed by atoms with E-state index in [1.165, 1.54) is 16.9 Å². The molecule has 1 aromatic carbocycles. The fourth-order valence-electron chi connectivity index (χ4n) is 3.16. The summed E-state index contributed by atoms with van der Waals surface area (Å²) in [5, 5.41) is 5.19. The predicted octanol–water partition coefficient (Wildman–Crippen LogP) is 3.27. The van der Waals surface area contributed by atoms with E-state index in [1.54, 1.807) is 0 Å². The molecule has 1 aromatic heterocycles. The topological polar surface area (TPSA) is 52.7 Å². The molecular weight excluding hydrogens is 346 g/mol. The number of hydrogen-bond donors (Lipinski definition) is 1. The van der Waals surface area contributed by atoms with Crippen LogP contribution >= 0.6 is 11.3 Å². The van der Waals surface area contributed by atoms with Crippen LogP contribution in [-0.4, -0.2) is 54.3 Å². The summed E-state index contributed by atoms with van der Waals surface area (Å²) in [5.74, 6) is 0.545. The number of thiophene rings is 1. The van der Waals surface area contributed by atoms with Gasteiger partial charge in [-0.1, -0.05) is 38.1 Å². The molecule has 1 N–H and O–H groups in total. The molecule has 2 amide bonds. The lowest BCUT2D eigenvalue weighted by molar-refractivity contribution is -0.130. The maximum absolute atomic E-state index is 12.5. The van der Waals surface area contributed by atoms with Gasteiger partial charge in [0.25, 0.3) is 5.91 Å². The highest BCUT2D eigenvalue weighted by Gasteiger charge is 2.25. The van der Waals surface area contributed by atoms with E-state index in [0.717, 1.165) is 10.6 Å². The van der Waals surface area contributed by atoms with Crippen LogP contribution < -0.4 is 5.32 Å². The monoisotopic (exact) mass is 371 g/mol. The fourth-order valence-corrected chi connectivity index (χ4v) is 3.85. The van der Waals surface area contributed by atoms with Crippen molar-refractivity contribution in [2.45, 2.75) is 19.8 Å². The number of carbonyl (C=O) groups excluding carboxylic acids is 2. The maximum atomic E-state index is 12.5. The van der Waals surface area contributed by atoms with E-state index in [9.17, 15) is 9.59 Å². The first-order chi connectivity index (χ1) is 12.6. The second-order valence-corrected chi connectivity index (χ2v) is 7.69. The molecule has 2 aromatic rings. The van der Waals surface area contributed by atoms with Crippen LogP contribution in [0.2, 0.25) is 0 Å². The van der Waals surface area contributed by atoms with Gasteiger partial charge in [0.1, 0.15) is 0 Å². The number of rotatable bonds is 5. The summed E-state index contributed by atoms with van der Waals surface area (Å²) in [7, 11) is 0. The van der Waals surface area contributed by atoms with Gasteiger partial charge >= 0.3 is 0 Å². The number of benzene rings is 1. The molecule has 1 aliphatic heterocycles. The van der Waals surface area contributed by atoms with Gasteiger partial charge in [-0.15, -0.1) is 11.3 Å². The second-order valence-electron chi connectivity index (χ2n) is 6.75. The van der Waals surface area contributed by atoms with Crippen molar-refractivity contribution in [1.82, 2.24) is 9.80 Å². The molecule has 138 valence electrons. The van der Waals surface area contributed by atoms with Crippen molar-refractivity contribution in [2.75, 3.05) is 38.0 Å². The SMILES string of the molecule is CC(C)c1ccccc1NCC(=O)N1CCN(C(=O)c2cccs2)CC1. The van der Waals surface area contributed by atoms with E-state index < -0.39 is 0 Å². The molecule has 1 aliphatic rings. The van der Waals surface area contributed by atoms with Gasteiger partial charge in [0, 0.05) is 31.9 Å². The zero-order chi connectivity index (χ0) is 18.5. The standard InChI is InChI=1S/C20H25N3O2S/c1-15(2)16-6-3-4-7-17(16)21-14-19(24)22-9-11-23(12-10-22)20(25)18-8-5-13-26-18/h3-8,13,15,21H,9-12,14H2,1-2H3. The van der Waals surface area contributed by atoms with Gasteiger partial charge in [0.15, 0.2) is 0 Å². The highest BCUT2D eigenvalue weighted by Crippen LogP contribution is 2.23. The molecule has 0 aliphatic carbocycles. The van der Waals surface area contributed by atoms with Crippen molar-refractivity contribution in [3.8, 4) is 0 Å². The van der Waals surface area contributed by atoms with Gasteiger partial charge in [-0.25, -0.2) is 0 Å². The Balaban J connectivity index is 1.51. The number of amides is 2. The average molecular weight is 372 g/mol. The van der Waals surface area contributed by atoms with Crippen LogP contribution in [0, 0.1) is 0 Å². The van der Waals surface area contributed by atoms with E-state index >= 15 is 0 Å². The minimum atomic E-state index is 0.0658. The van der Waals surface area contributed by atoms with E-state index in [4.69, 9.17) is 0 Å². The summed E-state index contributed by atoms with van der Waals surface area (Å²) in [6, 6.07) is 11.8. The molecule has 0 spiro atoms. The minimum Gasteiger partial charge on any atom is -0.376 e. The fraction of sp³-hybridized carbons (Fsp3) is 0.400. The number of anilines is 1. The van der Waals surface area contributed by atoms with Crippen LogP contribution in [-0.2, 0) is 4.79 Å². The lowest BCUT2D eigenvalue weighted by Gasteiger charge is -2.34. The Morgan fingerprint density at radius 1 is 1.04 bits per heavy atom. The Labute approximate surface area is 158 Å². The van der Waals surface area contributed by atoms with Gasteiger partial charge in [-0.3, -0.25) is 9.59 Å². The summed E-state index contributed by atoms with van der Waals surface area (Å²) < 4.78 is 0. The van der Waals surface area contributed by atoms with Gasteiger partial charge in [0.05, 0.1) is 11.4 Å². The first kappa shape index (κ1) is 18.5. The summed E-state index contributed by atoms with van der Waals surface area (Å²) >= 11 is 1.46. The van der Waals surface area contributed by atoms with Gasteiger partial charge < -0.3 is 15.1 Å². The van der Waals surface area contributed by atoms with Crippen LogP contribution in [0.25, 0.3) is 0 Å². The van der Waals surface area contributed by atoms with E-state index in [-0.39, 0.29) is 18.4 Å². The summed E-state index contributed by atoms with van der Waals surface area (Å²) in [6.45, 7) is 6.92. The van der Waals surface area contributed by atoms with Crippen molar-refractivity contribution in [1.29, 1.82) is 0 Å². The molecule has 5 nitrogen and oxygen atoms in total. The molecule has 0 atom stereocenters. The highest BCUT2D eigenvalue weighted by molar-refractivity contribution is 7.12. The number of nitrogens with one attached hydrogen (secondary N) is 1. The Hall–Kier alpha value is -2.34. The summed E-state index contributed by atoms with van der Waals surface area (Å²) in [4.78, 5) is 29.3. The Morgan fingerprint density at radius 2 is 1.73 bits per heavy atom. The zero-order valence-corrected chi connectivity index (χ0v) is 16.1. The molecule has 3 rings (SSSR count).